The van der Waals surface area contributed by atoms with Crippen LogP contribution in [-0.2, 0) is 23.7 Å². The van der Waals surface area contributed by atoms with Crippen molar-refractivity contribution in [3.05, 3.63) is 0 Å². The van der Waals surface area contributed by atoms with E-state index in [9.17, 15) is 35.4 Å². The van der Waals surface area contributed by atoms with E-state index in [0.29, 0.717) is 0 Å². The second-order valence-corrected chi connectivity index (χ2v) is 10.3. The van der Waals surface area contributed by atoms with Gasteiger partial charge in [0.25, 0.3) is 0 Å². The molecule has 0 aromatic carbocycles. The number of hydrogen-bond donors (Lipinski definition) is 6. The Hall–Kier alpha value is 0.0700. The summed E-state index contributed by atoms with van der Waals surface area (Å²) in [5, 5.41) is 69.4. The predicted molar refractivity (Wildman–Crippen MR) is 110 cm³/mol. The summed E-state index contributed by atoms with van der Waals surface area (Å²) in [6.07, 6.45) is -4.73. The minimum atomic E-state index is -2.50. The first kappa shape index (κ1) is 32.1. The van der Waals surface area contributed by atoms with Gasteiger partial charge in [0.15, 0.2) is 12.6 Å². The van der Waals surface area contributed by atoms with Crippen molar-refractivity contribution in [2.45, 2.75) is 106 Å². The fourth-order valence-electron chi connectivity index (χ4n) is 4.96. The Kier molecular flexibility index (Phi) is 8.90. The van der Waals surface area contributed by atoms with Crippen molar-refractivity contribution in [3.63, 3.8) is 0 Å². The largest absolute Gasteiger partial charge is 1.00 e. The van der Waals surface area contributed by atoms with E-state index in [-0.39, 0.29) is 29.6 Å². The molecule has 0 bridgehead atoms. The monoisotopic (exact) mass is 503 g/mol. The van der Waals surface area contributed by atoms with Crippen LogP contribution in [0.15, 0.2) is 0 Å². The number of hydrogen-bond acceptors (Lipinski definition) is 12. The number of methoxy groups -OCH3 is 1. The van der Waals surface area contributed by atoms with Gasteiger partial charge in [-0.2, -0.15) is 0 Å². The molecule has 0 aliphatic carbocycles. The van der Waals surface area contributed by atoms with Crippen molar-refractivity contribution in [1.29, 1.82) is 0 Å². The van der Waals surface area contributed by atoms with Crippen LogP contribution in [0, 0.1) is 0 Å². The Bertz CT molecular complexity index is 780. The number of aliphatic hydroxyl groups is 5. The minimum Gasteiger partial charge on any atom is -0.547 e. The third-order valence-electron chi connectivity index (χ3n) is 8.42. The van der Waals surface area contributed by atoms with Gasteiger partial charge in [0.1, 0.15) is 39.7 Å². The molecule has 0 aromatic rings. The van der Waals surface area contributed by atoms with E-state index in [1.165, 1.54) is 34.9 Å². The summed E-state index contributed by atoms with van der Waals surface area (Å²) < 4.78 is 22.9. The molecule has 2 aliphatic rings. The molecule has 2 rings (SSSR count). The first-order valence-corrected chi connectivity index (χ1v) is 10.6. The average molecular weight is 504 g/mol. The van der Waals surface area contributed by atoms with Crippen LogP contribution in [0.3, 0.4) is 0 Å². The number of carboxylic acids is 1. The molecule has 0 radical (unpaired) electrons. The van der Waals surface area contributed by atoms with E-state index in [1.54, 1.807) is 0 Å². The van der Waals surface area contributed by atoms with E-state index in [4.69, 9.17) is 18.9 Å². The Morgan fingerprint density at radius 2 is 1.53 bits per heavy atom. The topological polar surface area (TPSA) is 190 Å². The molecule has 13 heteroatoms. The van der Waals surface area contributed by atoms with Gasteiger partial charge in [-0.05, 0) is 55.5 Å². The zero-order valence-corrected chi connectivity index (χ0v) is 23.6. The summed E-state index contributed by atoms with van der Waals surface area (Å²) in [5.74, 6) is -1.84. The number of aliphatic carboxylic acids is 1. The van der Waals surface area contributed by atoms with Crippen molar-refractivity contribution >= 4 is 5.97 Å². The Morgan fingerprint density at radius 1 is 1.03 bits per heavy atom. The van der Waals surface area contributed by atoms with Crippen LogP contribution in [0.25, 0.3) is 0 Å². The van der Waals surface area contributed by atoms with Gasteiger partial charge in [0, 0.05) is 7.11 Å². The number of ether oxygens (including phenoxy) is 4. The average Bonchev–Trinajstić information content (AvgIpc) is 2.70. The van der Waals surface area contributed by atoms with Gasteiger partial charge in [-0.25, -0.2) is 0 Å². The van der Waals surface area contributed by atoms with Gasteiger partial charge in [-0.3, -0.25) is 0 Å². The molecule has 0 spiro atoms. The van der Waals surface area contributed by atoms with Crippen LogP contribution in [0.4, 0.5) is 0 Å². The second-order valence-electron chi connectivity index (χ2n) is 10.3. The molecule has 12 nitrogen and oxygen atoms in total. The first-order valence-electron chi connectivity index (χ1n) is 10.6. The summed E-state index contributed by atoms with van der Waals surface area (Å²) in [6, 6.07) is 0. The van der Waals surface area contributed by atoms with Crippen LogP contribution in [-0.4, -0.2) is 110 Å². The van der Waals surface area contributed by atoms with Crippen molar-refractivity contribution in [3.8, 4) is 0 Å². The molecular formula is C21H38NNaO11. The third kappa shape index (κ3) is 3.90. The zero-order valence-electron chi connectivity index (χ0n) is 21.6. The standard InChI is InChI=1S/C21H39NO11.Na/c1-15(10-23)11(30-9)17(3,27)16(2,22-8)14(32-15)33-21(7)19(5,12(24)25)31-13(26)18(4,28)20(21,6)29;/h11,13-14,22-23,26-29H,10H2,1-9H3,(H,24,25);/q;+1/p-1. The summed E-state index contributed by atoms with van der Waals surface area (Å²) >= 11 is 0. The van der Waals surface area contributed by atoms with Crippen molar-refractivity contribution in [1.82, 2.24) is 5.32 Å². The van der Waals surface area contributed by atoms with Crippen LogP contribution in [0.1, 0.15) is 48.5 Å². The van der Waals surface area contributed by atoms with Crippen LogP contribution < -0.4 is 40.0 Å². The summed E-state index contributed by atoms with van der Waals surface area (Å²) in [4.78, 5) is 12.2. The number of carbonyl (C=O) groups excluding carboxylic acids is 1. The Balaban J connectivity index is 0.00000578. The first-order chi connectivity index (χ1) is 14.7. The predicted octanol–water partition coefficient (Wildman–Crippen LogP) is -6.02. The molecular weight excluding hydrogens is 465 g/mol. The molecule has 10 unspecified atom stereocenters. The maximum atomic E-state index is 12.2. The number of carbonyl (C=O) groups is 1. The number of aliphatic hydroxyl groups excluding tert-OH is 2. The number of carboxylic acid groups (broad SMARTS) is 1. The summed E-state index contributed by atoms with van der Waals surface area (Å²) in [7, 11) is 2.83. The molecule has 10 atom stereocenters. The summed E-state index contributed by atoms with van der Waals surface area (Å²) in [5.41, 5.74) is -14.5. The minimum absolute atomic E-state index is 0. The summed E-state index contributed by atoms with van der Waals surface area (Å²) in [6.45, 7) is 8.14. The fourth-order valence-corrected chi connectivity index (χ4v) is 4.96. The maximum absolute atomic E-state index is 12.2. The van der Waals surface area contributed by atoms with Crippen LogP contribution in [0.2, 0.25) is 0 Å². The zero-order chi connectivity index (χ0) is 26.1. The molecule has 194 valence electrons. The van der Waals surface area contributed by atoms with Crippen molar-refractivity contribution in [2.75, 3.05) is 20.8 Å². The number of nitrogens with one attached hydrogen (secondary N) is 1. The van der Waals surface area contributed by atoms with Crippen molar-refractivity contribution in [2.24, 2.45) is 0 Å². The van der Waals surface area contributed by atoms with E-state index in [1.807, 2.05) is 0 Å². The van der Waals surface area contributed by atoms with Crippen molar-refractivity contribution < 1.29 is 83.9 Å². The molecule has 6 N–H and O–H groups in total. The number of rotatable bonds is 6. The number of likely N-dealkylation sites (N-methyl/N-ethyl adjacent to an activating group) is 1. The van der Waals surface area contributed by atoms with E-state index >= 15 is 0 Å². The molecule has 2 heterocycles. The Labute approximate surface area is 221 Å². The second kappa shape index (κ2) is 9.43. The molecule has 0 aromatic heterocycles. The van der Waals surface area contributed by atoms with E-state index < -0.39 is 70.4 Å². The van der Waals surface area contributed by atoms with Crippen LogP contribution in [0.5, 0.6) is 0 Å². The normalized spacial score (nSPS) is 53.8. The fraction of sp³-hybridized carbons (Fsp3) is 0.952. The van der Waals surface area contributed by atoms with Crippen LogP contribution >= 0.6 is 0 Å². The van der Waals surface area contributed by atoms with Gasteiger partial charge in [0.2, 0.25) is 0 Å². The SMILES string of the molecule is CNC1(C)C(OC2(C)C(C)(C(=O)[O-])OC(O)C(C)(O)C2(C)O)OC(C)(CO)C(OC)C1(C)O.[Na+]. The molecule has 0 amide bonds. The molecule has 2 aliphatic heterocycles. The van der Waals surface area contributed by atoms with Gasteiger partial charge < -0.3 is 59.7 Å². The third-order valence-corrected chi connectivity index (χ3v) is 8.42. The molecule has 0 saturated carbocycles. The van der Waals surface area contributed by atoms with E-state index in [2.05, 4.69) is 5.32 Å². The van der Waals surface area contributed by atoms with Gasteiger partial charge in [-0.15, -0.1) is 0 Å². The molecule has 2 saturated heterocycles. The quantitative estimate of drug-likeness (QED) is 0.188. The molecule has 2 fully saturated rings. The molecule has 34 heavy (non-hydrogen) atoms. The van der Waals surface area contributed by atoms with Gasteiger partial charge in [-0.1, -0.05) is 0 Å². The van der Waals surface area contributed by atoms with Gasteiger partial charge >= 0.3 is 29.6 Å². The Morgan fingerprint density at radius 3 is 1.91 bits per heavy atom. The van der Waals surface area contributed by atoms with E-state index in [0.717, 1.165) is 27.7 Å². The smallest absolute Gasteiger partial charge is 0.547 e. The maximum Gasteiger partial charge on any atom is 1.00 e. The van der Waals surface area contributed by atoms with Gasteiger partial charge in [0.05, 0.1) is 18.1 Å².